The number of allylic oxidation sites excluding steroid dienone is 2. The molecule has 0 radical (unpaired) electrons. The highest BCUT2D eigenvalue weighted by Crippen LogP contribution is 2.23. The summed E-state index contributed by atoms with van der Waals surface area (Å²) in [6.45, 7) is 8.65. The van der Waals surface area contributed by atoms with Gasteiger partial charge < -0.3 is 0 Å². The van der Waals surface area contributed by atoms with Crippen LogP contribution in [-0.2, 0) is 0 Å². The molecule has 0 aliphatic heterocycles. The van der Waals surface area contributed by atoms with E-state index in [1.54, 1.807) is 0 Å². The summed E-state index contributed by atoms with van der Waals surface area (Å²) < 4.78 is 0. The Morgan fingerprint density at radius 2 is 1.77 bits per heavy atom. The number of aryl methyl sites for hydroxylation is 1. The standard InChI is InChI=1S/C13H18/c1-5-11(3)12(4)13-8-6-10(2)7-9-13/h5-9,12H,1-4H3/b11-5+. The van der Waals surface area contributed by atoms with E-state index in [-0.39, 0.29) is 0 Å². The van der Waals surface area contributed by atoms with E-state index in [2.05, 4.69) is 58.0 Å². The van der Waals surface area contributed by atoms with Crippen molar-refractivity contribution in [2.75, 3.05) is 0 Å². The molecule has 13 heavy (non-hydrogen) atoms. The Hall–Kier alpha value is -1.04. The highest BCUT2D eigenvalue weighted by molar-refractivity contribution is 5.29. The molecule has 0 amide bonds. The molecule has 1 aromatic rings. The molecule has 0 N–H and O–H groups in total. The first-order valence-corrected chi connectivity index (χ1v) is 4.84. The summed E-state index contributed by atoms with van der Waals surface area (Å²) in [5, 5.41) is 0. The van der Waals surface area contributed by atoms with Gasteiger partial charge in [-0.2, -0.15) is 0 Å². The van der Waals surface area contributed by atoms with Gasteiger partial charge in [-0.1, -0.05) is 48.4 Å². The normalized spacial score (nSPS) is 14.3. The zero-order valence-corrected chi connectivity index (χ0v) is 8.96. The van der Waals surface area contributed by atoms with Gasteiger partial charge in [-0.05, 0) is 26.3 Å². The predicted octanol–water partition coefficient (Wildman–Crippen LogP) is 4.06. The van der Waals surface area contributed by atoms with Crippen LogP contribution >= 0.6 is 0 Å². The zero-order chi connectivity index (χ0) is 9.84. The smallest absolute Gasteiger partial charge is 0.00169 e. The van der Waals surface area contributed by atoms with E-state index in [9.17, 15) is 0 Å². The Morgan fingerprint density at radius 3 is 2.23 bits per heavy atom. The molecular weight excluding hydrogens is 156 g/mol. The molecule has 1 aromatic carbocycles. The lowest BCUT2D eigenvalue weighted by Gasteiger charge is -2.12. The Kier molecular flexibility index (Phi) is 3.30. The fraction of sp³-hybridized carbons (Fsp3) is 0.385. The second-order valence-electron chi connectivity index (χ2n) is 3.67. The minimum absolute atomic E-state index is 0.547. The highest BCUT2D eigenvalue weighted by atomic mass is 14.1. The molecule has 0 saturated carbocycles. The first-order valence-electron chi connectivity index (χ1n) is 4.84. The monoisotopic (exact) mass is 174 g/mol. The minimum Gasteiger partial charge on any atom is -0.0881 e. The largest absolute Gasteiger partial charge is 0.0881 e. The maximum Gasteiger partial charge on any atom is 0.00169 e. The topological polar surface area (TPSA) is 0 Å². The van der Waals surface area contributed by atoms with Crippen LogP contribution in [0.3, 0.4) is 0 Å². The van der Waals surface area contributed by atoms with Gasteiger partial charge in [0.2, 0.25) is 0 Å². The fourth-order valence-electron chi connectivity index (χ4n) is 1.37. The molecule has 0 aliphatic carbocycles. The van der Waals surface area contributed by atoms with Crippen LogP contribution in [0.5, 0.6) is 0 Å². The van der Waals surface area contributed by atoms with Crippen LogP contribution in [0.15, 0.2) is 35.9 Å². The average Bonchev–Trinajstić information content (AvgIpc) is 2.17. The van der Waals surface area contributed by atoms with Crippen LogP contribution < -0.4 is 0 Å². The second-order valence-corrected chi connectivity index (χ2v) is 3.67. The number of rotatable bonds is 2. The molecule has 0 fully saturated rings. The van der Waals surface area contributed by atoms with Crippen LogP contribution in [-0.4, -0.2) is 0 Å². The molecule has 0 heteroatoms. The van der Waals surface area contributed by atoms with Crippen LogP contribution in [0.1, 0.15) is 37.8 Å². The van der Waals surface area contributed by atoms with E-state index in [0.29, 0.717) is 5.92 Å². The van der Waals surface area contributed by atoms with Gasteiger partial charge in [0.1, 0.15) is 0 Å². The number of hydrogen-bond acceptors (Lipinski definition) is 0. The predicted molar refractivity (Wildman–Crippen MR) is 59.0 cm³/mol. The van der Waals surface area contributed by atoms with Gasteiger partial charge in [-0.15, -0.1) is 0 Å². The van der Waals surface area contributed by atoms with Crippen molar-refractivity contribution >= 4 is 0 Å². The molecule has 0 nitrogen and oxygen atoms in total. The molecule has 1 unspecified atom stereocenters. The van der Waals surface area contributed by atoms with Crippen molar-refractivity contribution in [2.24, 2.45) is 0 Å². The van der Waals surface area contributed by atoms with Crippen molar-refractivity contribution < 1.29 is 0 Å². The third-order valence-electron chi connectivity index (χ3n) is 2.72. The third kappa shape index (κ3) is 2.45. The van der Waals surface area contributed by atoms with Gasteiger partial charge in [0.15, 0.2) is 0 Å². The molecule has 0 spiro atoms. The summed E-state index contributed by atoms with van der Waals surface area (Å²) in [6, 6.07) is 8.78. The minimum atomic E-state index is 0.547. The van der Waals surface area contributed by atoms with E-state index in [4.69, 9.17) is 0 Å². The zero-order valence-electron chi connectivity index (χ0n) is 8.96. The lowest BCUT2D eigenvalue weighted by Crippen LogP contribution is -1.94. The average molecular weight is 174 g/mol. The highest BCUT2D eigenvalue weighted by Gasteiger charge is 2.05. The van der Waals surface area contributed by atoms with Gasteiger partial charge >= 0.3 is 0 Å². The lowest BCUT2D eigenvalue weighted by molar-refractivity contribution is 0.890. The van der Waals surface area contributed by atoms with Crippen molar-refractivity contribution in [3.63, 3.8) is 0 Å². The van der Waals surface area contributed by atoms with Gasteiger partial charge in [0.25, 0.3) is 0 Å². The van der Waals surface area contributed by atoms with Crippen molar-refractivity contribution in [1.82, 2.24) is 0 Å². The van der Waals surface area contributed by atoms with E-state index >= 15 is 0 Å². The maximum atomic E-state index is 2.25. The Morgan fingerprint density at radius 1 is 1.23 bits per heavy atom. The molecule has 1 rings (SSSR count). The summed E-state index contributed by atoms with van der Waals surface area (Å²) in [4.78, 5) is 0. The van der Waals surface area contributed by atoms with Crippen LogP contribution in [0.25, 0.3) is 0 Å². The third-order valence-corrected chi connectivity index (χ3v) is 2.72. The Labute approximate surface area is 81.3 Å². The van der Waals surface area contributed by atoms with Gasteiger partial charge in [-0.25, -0.2) is 0 Å². The summed E-state index contributed by atoms with van der Waals surface area (Å²) in [7, 11) is 0. The molecule has 0 aliphatic rings. The summed E-state index contributed by atoms with van der Waals surface area (Å²) in [5.74, 6) is 0.547. The first-order chi connectivity index (χ1) is 6.15. The van der Waals surface area contributed by atoms with Gasteiger partial charge in [-0.3, -0.25) is 0 Å². The quantitative estimate of drug-likeness (QED) is 0.593. The van der Waals surface area contributed by atoms with E-state index in [1.165, 1.54) is 16.7 Å². The fourth-order valence-corrected chi connectivity index (χ4v) is 1.37. The first kappa shape index (κ1) is 10.0. The van der Waals surface area contributed by atoms with Crippen LogP contribution in [0.4, 0.5) is 0 Å². The summed E-state index contributed by atoms with van der Waals surface area (Å²) >= 11 is 0. The van der Waals surface area contributed by atoms with E-state index < -0.39 is 0 Å². The van der Waals surface area contributed by atoms with Crippen molar-refractivity contribution in [3.8, 4) is 0 Å². The lowest BCUT2D eigenvalue weighted by atomic mass is 9.93. The maximum absolute atomic E-state index is 2.25. The van der Waals surface area contributed by atoms with Crippen LogP contribution in [0, 0.1) is 6.92 Å². The summed E-state index contributed by atoms with van der Waals surface area (Å²) in [6.07, 6.45) is 2.19. The second kappa shape index (κ2) is 4.27. The molecule has 0 saturated heterocycles. The number of benzene rings is 1. The molecule has 0 heterocycles. The molecule has 1 atom stereocenters. The van der Waals surface area contributed by atoms with E-state index in [1.807, 2.05) is 0 Å². The SMILES string of the molecule is C/C=C(\C)C(C)c1ccc(C)cc1. The summed E-state index contributed by atoms with van der Waals surface area (Å²) in [5.41, 5.74) is 4.17. The Balaban J connectivity index is 2.89. The Bertz CT molecular complexity index is 290. The van der Waals surface area contributed by atoms with Crippen molar-refractivity contribution in [1.29, 1.82) is 0 Å². The molecule has 70 valence electrons. The van der Waals surface area contributed by atoms with Crippen LogP contribution in [0.2, 0.25) is 0 Å². The molecular formula is C13H18. The van der Waals surface area contributed by atoms with E-state index in [0.717, 1.165) is 0 Å². The van der Waals surface area contributed by atoms with Crippen molar-refractivity contribution in [3.05, 3.63) is 47.0 Å². The molecule has 0 bridgehead atoms. The van der Waals surface area contributed by atoms with Gasteiger partial charge in [0, 0.05) is 5.92 Å². The molecule has 0 aromatic heterocycles. The van der Waals surface area contributed by atoms with Crippen molar-refractivity contribution in [2.45, 2.75) is 33.6 Å². The van der Waals surface area contributed by atoms with Gasteiger partial charge in [0.05, 0.1) is 0 Å². The number of hydrogen-bond donors (Lipinski definition) is 0.